The van der Waals surface area contributed by atoms with E-state index < -0.39 is 12.0 Å². The third-order valence-corrected chi connectivity index (χ3v) is 2.96. The molecule has 2 heterocycles. The van der Waals surface area contributed by atoms with Gasteiger partial charge in [-0.2, -0.15) is 0 Å². The zero-order chi connectivity index (χ0) is 10.7. The molecule has 0 aromatic rings. The molecule has 0 saturated carbocycles. The molecular formula is C9H18N4O2. The van der Waals surface area contributed by atoms with Crippen LogP contribution in [0, 0.1) is 0 Å². The lowest BCUT2D eigenvalue weighted by molar-refractivity contribution is -0.156. The van der Waals surface area contributed by atoms with Gasteiger partial charge in [0, 0.05) is 45.8 Å². The van der Waals surface area contributed by atoms with E-state index in [-0.39, 0.29) is 0 Å². The minimum Gasteiger partial charge on any atom is -0.480 e. The Kier molecular flexibility index (Phi) is 3.53. The van der Waals surface area contributed by atoms with Crippen LogP contribution in [0.25, 0.3) is 0 Å². The molecule has 0 amide bonds. The summed E-state index contributed by atoms with van der Waals surface area (Å²) < 4.78 is 0. The quantitative estimate of drug-likeness (QED) is 0.502. The first-order valence-corrected chi connectivity index (χ1v) is 5.45. The van der Waals surface area contributed by atoms with Gasteiger partial charge in [-0.25, -0.2) is 10.0 Å². The van der Waals surface area contributed by atoms with Gasteiger partial charge in [0.25, 0.3) is 0 Å². The van der Waals surface area contributed by atoms with Gasteiger partial charge in [0.05, 0.1) is 0 Å². The van der Waals surface area contributed by atoms with Crippen LogP contribution >= 0.6 is 0 Å². The molecule has 2 rings (SSSR count). The van der Waals surface area contributed by atoms with E-state index in [0.717, 1.165) is 39.3 Å². The predicted octanol–water partition coefficient (Wildman–Crippen LogP) is -1.83. The Morgan fingerprint density at radius 1 is 1.13 bits per heavy atom. The highest BCUT2D eigenvalue weighted by Gasteiger charge is 2.32. The Morgan fingerprint density at radius 2 is 1.80 bits per heavy atom. The zero-order valence-electron chi connectivity index (χ0n) is 8.78. The average Bonchev–Trinajstić information content (AvgIpc) is 2.30. The third-order valence-electron chi connectivity index (χ3n) is 2.96. The van der Waals surface area contributed by atoms with Gasteiger partial charge in [-0.1, -0.05) is 0 Å². The number of carboxylic acid groups (broad SMARTS) is 1. The van der Waals surface area contributed by atoms with Crippen molar-refractivity contribution in [1.82, 2.24) is 20.7 Å². The molecule has 15 heavy (non-hydrogen) atoms. The van der Waals surface area contributed by atoms with Crippen LogP contribution in [0.2, 0.25) is 0 Å². The van der Waals surface area contributed by atoms with Crippen molar-refractivity contribution in [3.05, 3.63) is 0 Å². The second-order valence-corrected chi connectivity index (χ2v) is 3.92. The smallest absolute Gasteiger partial charge is 0.323 e. The van der Waals surface area contributed by atoms with Gasteiger partial charge < -0.3 is 15.7 Å². The zero-order valence-corrected chi connectivity index (χ0v) is 8.78. The van der Waals surface area contributed by atoms with Gasteiger partial charge in [0.2, 0.25) is 0 Å². The van der Waals surface area contributed by atoms with Gasteiger partial charge in [0.15, 0.2) is 0 Å². The first-order valence-electron chi connectivity index (χ1n) is 5.45. The monoisotopic (exact) mass is 214 g/mol. The summed E-state index contributed by atoms with van der Waals surface area (Å²) >= 11 is 0. The lowest BCUT2D eigenvalue weighted by atomic mass is 10.2. The van der Waals surface area contributed by atoms with Crippen molar-refractivity contribution in [2.75, 3.05) is 45.8 Å². The topological polar surface area (TPSA) is 67.8 Å². The van der Waals surface area contributed by atoms with E-state index in [1.165, 1.54) is 0 Å². The molecule has 6 nitrogen and oxygen atoms in total. The Morgan fingerprint density at radius 3 is 2.47 bits per heavy atom. The number of aliphatic carboxylic acids is 1. The molecule has 0 aromatic carbocycles. The van der Waals surface area contributed by atoms with Crippen molar-refractivity contribution in [2.45, 2.75) is 6.04 Å². The molecule has 0 aromatic heterocycles. The number of hydrogen-bond acceptors (Lipinski definition) is 5. The van der Waals surface area contributed by atoms with Crippen molar-refractivity contribution in [3.63, 3.8) is 0 Å². The maximum Gasteiger partial charge on any atom is 0.323 e. The van der Waals surface area contributed by atoms with Crippen molar-refractivity contribution in [3.8, 4) is 0 Å². The number of nitrogens with one attached hydrogen (secondary N) is 2. The Bertz CT molecular complexity index is 230. The summed E-state index contributed by atoms with van der Waals surface area (Å²) in [4.78, 5) is 11.1. The van der Waals surface area contributed by atoms with E-state index in [1.807, 2.05) is 5.01 Å². The van der Waals surface area contributed by atoms with Gasteiger partial charge in [-0.3, -0.25) is 4.79 Å². The SMILES string of the molecule is O=C(O)[C@H]1CNCCN1N1CCNCC1. The van der Waals surface area contributed by atoms with E-state index in [1.54, 1.807) is 0 Å². The summed E-state index contributed by atoms with van der Waals surface area (Å²) in [5, 5.41) is 19.7. The van der Waals surface area contributed by atoms with E-state index in [9.17, 15) is 4.79 Å². The summed E-state index contributed by atoms with van der Waals surface area (Å²) in [5.41, 5.74) is 0. The fourth-order valence-electron chi connectivity index (χ4n) is 2.16. The van der Waals surface area contributed by atoms with Crippen molar-refractivity contribution in [1.29, 1.82) is 0 Å². The lowest BCUT2D eigenvalue weighted by Crippen LogP contribution is -2.64. The van der Waals surface area contributed by atoms with Crippen LogP contribution in [0.1, 0.15) is 0 Å². The lowest BCUT2D eigenvalue weighted by Gasteiger charge is -2.43. The molecule has 3 N–H and O–H groups in total. The van der Waals surface area contributed by atoms with Crippen LogP contribution in [0.5, 0.6) is 0 Å². The molecule has 0 radical (unpaired) electrons. The maximum absolute atomic E-state index is 11.1. The molecular weight excluding hydrogens is 196 g/mol. The molecule has 2 fully saturated rings. The fraction of sp³-hybridized carbons (Fsp3) is 0.889. The standard InChI is InChI=1S/C9H18N4O2/c14-9(15)8-7-11-3-6-13(8)12-4-1-10-2-5-12/h8,10-11H,1-7H2,(H,14,15)/t8-/m1/s1. The molecule has 0 aliphatic carbocycles. The number of hydrogen-bond donors (Lipinski definition) is 3. The second-order valence-electron chi connectivity index (χ2n) is 3.92. The van der Waals surface area contributed by atoms with Crippen molar-refractivity contribution < 1.29 is 9.90 Å². The molecule has 2 aliphatic heterocycles. The highest BCUT2D eigenvalue weighted by atomic mass is 16.4. The molecule has 2 aliphatic rings. The van der Waals surface area contributed by atoms with Crippen molar-refractivity contribution in [2.24, 2.45) is 0 Å². The van der Waals surface area contributed by atoms with Gasteiger partial charge in [-0.05, 0) is 0 Å². The van der Waals surface area contributed by atoms with Crippen LogP contribution in [0.15, 0.2) is 0 Å². The minimum absolute atomic E-state index is 0.406. The molecule has 2 saturated heterocycles. The fourth-order valence-corrected chi connectivity index (χ4v) is 2.16. The summed E-state index contributed by atoms with van der Waals surface area (Å²) in [6, 6.07) is -0.406. The van der Waals surface area contributed by atoms with Crippen molar-refractivity contribution >= 4 is 5.97 Å². The highest BCUT2D eigenvalue weighted by Crippen LogP contribution is 2.09. The van der Waals surface area contributed by atoms with Crippen LogP contribution in [0.3, 0.4) is 0 Å². The Hall–Kier alpha value is -0.690. The normalized spacial score (nSPS) is 30.3. The maximum atomic E-state index is 11.1. The minimum atomic E-state index is -0.735. The molecule has 0 unspecified atom stereocenters. The molecule has 1 atom stereocenters. The Balaban J connectivity index is 1.99. The predicted molar refractivity (Wildman–Crippen MR) is 55.4 cm³/mol. The summed E-state index contributed by atoms with van der Waals surface area (Å²) in [7, 11) is 0. The number of piperazine rings is 2. The number of carbonyl (C=O) groups is 1. The van der Waals surface area contributed by atoms with Gasteiger partial charge in [-0.15, -0.1) is 0 Å². The van der Waals surface area contributed by atoms with E-state index in [2.05, 4.69) is 15.6 Å². The van der Waals surface area contributed by atoms with E-state index >= 15 is 0 Å². The number of rotatable bonds is 2. The van der Waals surface area contributed by atoms with Gasteiger partial charge in [0.1, 0.15) is 6.04 Å². The van der Waals surface area contributed by atoms with Crippen LogP contribution in [-0.2, 0) is 4.79 Å². The summed E-state index contributed by atoms with van der Waals surface area (Å²) in [6.07, 6.45) is 0. The molecule has 0 bridgehead atoms. The number of hydrazine groups is 1. The first kappa shape index (κ1) is 10.8. The molecule has 6 heteroatoms. The summed E-state index contributed by atoms with van der Waals surface area (Å²) in [5.74, 6) is -0.735. The first-order chi connectivity index (χ1) is 7.29. The Labute approximate surface area is 89.2 Å². The highest BCUT2D eigenvalue weighted by molar-refractivity contribution is 5.73. The van der Waals surface area contributed by atoms with Gasteiger partial charge >= 0.3 is 5.97 Å². The molecule has 86 valence electrons. The molecule has 0 spiro atoms. The number of nitrogens with zero attached hydrogens (tertiary/aromatic N) is 2. The second kappa shape index (κ2) is 4.89. The average molecular weight is 214 g/mol. The number of carboxylic acids is 1. The van der Waals surface area contributed by atoms with Crippen LogP contribution in [0.4, 0.5) is 0 Å². The summed E-state index contributed by atoms with van der Waals surface area (Å²) in [6.45, 7) is 5.89. The largest absolute Gasteiger partial charge is 0.480 e. The van der Waals surface area contributed by atoms with Crippen LogP contribution < -0.4 is 10.6 Å². The third kappa shape index (κ3) is 2.46. The van der Waals surface area contributed by atoms with E-state index in [4.69, 9.17) is 5.11 Å². The van der Waals surface area contributed by atoms with E-state index in [0.29, 0.717) is 6.54 Å². The van der Waals surface area contributed by atoms with Crippen LogP contribution in [-0.4, -0.2) is 72.9 Å².